The number of hydrogen-bond donors (Lipinski definition) is 2. The summed E-state index contributed by atoms with van der Waals surface area (Å²) in [6.07, 6.45) is 1.27. The molecule has 0 saturated carbocycles. The third kappa shape index (κ3) is 3.07. The van der Waals surface area contributed by atoms with Crippen molar-refractivity contribution in [2.24, 2.45) is 0 Å². The molecule has 0 saturated heterocycles. The van der Waals surface area contributed by atoms with Gasteiger partial charge in [0.2, 0.25) is 5.88 Å². The van der Waals surface area contributed by atoms with Crippen molar-refractivity contribution in [1.82, 2.24) is 15.0 Å². The van der Waals surface area contributed by atoms with E-state index in [1.54, 1.807) is 6.07 Å². The van der Waals surface area contributed by atoms with Gasteiger partial charge in [0.05, 0.1) is 20.4 Å². The first-order valence-corrected chi connectivity index (χ1v) is 5.87. The van der Waals surface area contributed by atoms with Crippen molar-refractivity contribution in [2.45, 2.75) is 0 Å². The highest BCUT2D eigenvalue weighted by atomic mass is 32.1. The van der Waals surface area contributed by atoms with E-state index in [0.29, 0.717) is 16.8 Å². The molecule has 0 aromatic carbocycles. The first kappa shape index (κ1) is 13.0. The molecule has 2 aromatic rings. The van der Waals surface area contributed by atoms with Gasteiger partial charge in [0.15, 0.2) is 5.13 Å². The number of anilines is 2. The molecule has 0 spiro atoms. The molecular weight excluding hydrogens is 272 g/mol. The van der Waals surface area contributed by atoms with Crippen molar-refractivity contribution in [3.05, 3.63) is 17.1 Å². The summed E-state index contributed by atoms with van der Waals surface area (Å²) in [5.41, 5.74) is 0. The number of nitrogens with zero attached hydrogens (tertiary/aromatic N) is 3. The number of ether oxygens (including phenoxy) is 2. The molecule has 100 valence electrons. The van der Waals surface area contributed by atoms with Crippen molar-refractivity contribution in [3.63, 3.8) is 0 Å². The molecule has 2 aromatic heterocycles. The normalized spacial score (nSPS) is 10.0. The minimum absolute atomic E-state index is 0.135. The summed E-state index contributed by atoms with van der Waals surface area (Å²) in [7, 11) is 2.90. The zero-order valence-corrected chi connectivity index (χ0v) is 10.9. The maximum absolute atomic E-state index is 10.7. The molecule has 0 amide bonds. The summed E-state index contributed by atoms with van der Waals surface area (Å²) in [5.74, 6) is -0.303. The van der Waals surface area contributed by atoms with Gasteiger partial charge in [-0.25, -0.2) is 9.78 Å². The van der Waals surface area contributed by atoms with Crippen molar-refractivity contribution in [1.29, 1.82) is 0 Å². The Morgan fingerprint density at radius 2 is 2.16 bits per heavy atom. The lowest BCUT2D eigenvalue weighted by atomic mass is 10.5. The molecule has 8 nitrogen and oxygen atoms in total. The Kier molecular flexibility index (Phi) is 3.76. The van der Waals surface area contributed by atoms with Crippen molar-refractivity contribution < 1.29 is 19.4 Å². The first-order valence-electron chi connectivity index (χ1n) is 5.05. The van der Waals surface area contributed by atoms with Crippen LogP contribution < -0.4 is 14.8 Å². The summed E-state index contributed by atoms with van der Waals surface area (Å²) in [5, 5.41) is 12.1. The number of hydrogen-bond acceptors (Lipinski definition) is 8. The van der Waals surface area contributed by atoms with Gasteiger partial charge < -0.3 is 19.9 Å². The third-order valence-corrected chi connectivity index (χ3v) is 2.93. The maximum atomic E-state index is 10.7. The molecule has 2 rings (SSSR count). The summed E-state index contributed by atoms with van der Waals surface area (Å²) in [4.78, 5) is 22.8. The van der Waals surface area contributed by atoms with Crippen molar-refractivity contribution >= 4 is 28.3 Å². The van der Waals surface area contributed by atoms with Crippen LogP contribution in [0.5, 0.6) is 11.9 Å². The summed E-state index contributed by atoms with van der Waals surface area (Å²) >= 11 is 0.999. The second-order valence-electron chi connectivity index (χ2n) is 3.24. The quantitative estimate of drug-likeness (QED) is 0.847. The minimum atomic E-state index is -1.02. The second kappa shape index (κ2) is 5.48. The topological polar surface area (TPSA) is 106 Å². The minimum Gasteiger partial charge on any atom is -0.481 e. The molecule has 0 aliphatic carbocycles. The van der Waals surface area contributed by atoms with Gasteiger partial charge >= 0.3 is 12.0 Å². The van der Waals surface area contributed by atoms with Gasteiger partial charge in [-0.2, -0.15) is 9.97 Å². The van der Waals surface area contributed by atoms with Crippen LogP contribution >= 0.6 is 11.3 Å². The van der Waals surface area contributed by atoms with Crippen LogP contribution in [0.1, 0.15) is 9.67 Å². The number of aromatic carboxylic acids is 1. The SMILES string of the molecule is COc1cc(Nc2ncc(C(=O)O)s2)nc(OC)n1. The molecule has 19 heavy (non-hydrogen) atoms. The molecule has 0 unspecified atom stereocenters. The smallest absolute Gasteiger partial charge is 0.347 e. The first-order chi connectivity index (χ1) is 9.12. The number of aromatic nitrogens is 3. The van der Waals surface area contributed by atoms with E-state index in [4.69, 9.17) is 14.6 Å². The van der Waals surface area contributed by atoms with Crippen LogP contribution in [0.2, 0.25) is 0 Å². The zero-order chi connectivity index (χ0) is 13.8. The van der Waals surface area contributed by atoms with Crippen molar-refractivity contribution in [2.75, 3.05) is 19.5 Å². The fourth-order valence-electron chi connectivity index (χ4n) is 1.20. The van der Waals surface area contributed by atoms with Gasteiger partial charge in [0.25, 0.3) is 0 Å². The van der Waals surface area contributed by atoms with Crippen molar-refractivity contribution in [3.8, 4) is 11.9 Å². The zero-order valence-electron chi connectivity index (χ0n) is 10.1. The molecule has 2 N–H and O–H groups in total. The van der Waals surface area contributed by atoms with Crippen LogP contribution in [0.15, 0.2) is 12.3 Å². The van der Waals surface area contributed by atoms with E-state index in [1.165, 1.54) is 20.4 Å². The standard InChI is InChI=1S/C10H10N4O4S/c1-17-7-3-6(12-9(14-7)18-2)13-10-11-4-5(19-10)8(15)16/h3-4H,1-2H3,(H,15,16)(H,11,12,13,14). The lowest BCUT2D eigenvalue weighted by Crippen LogP contribution is -1.99. The van der Waals surface area contributed by atoms with E-state index in [9.17, 15) is 4.79 Å². The van der Waals surface area contributed by atoms with Crippen LogP contribution in [0.3, 0.4) is 0 Å². The molecule has 0 radical (unpaired) electrons. The van der Waals surface area contributed by atoms with E-state index >= 15 is 0 Å². The lowest BCUT2D eigenvalue weighted by molar-refractivity contribution is 0.0702. The Labute approximate surface area is 112 Å². The highest BCUT2D eigenvalue weighted by molar-refractivity contribution is 7.17. The largest absolute Gasteiger partial charge is 0.481 e. The molecule has 0 fully saturated rings. The van der Waals surface area contributed by atoms with E-state index < -0.39 is 5.97 Å². The predicted molar refractivity (Wildman–Crippen MR) is 67.5 cm³/mol. The average Bonchev–Trinajstić information content (AvgIpc) is 2.87. The summed E-state index contributed by atoms with van der Waals surface area (Å²) in [6, 6.07) is 1.68. The van der Waals surface area contributed by atoms with Gasteiger partial charge in [0, 0.05) is 6.07 Å². The second-order valence-corrected chi connectivity index (χ2v) is 4.27. The highest BCUT2D eigenvalue weighted by Gasteiger charge is 2.10. The van der Waals surface area contributed by atoms with E-state index in [0.717, 1.165) is 11.3 Å². The Morgan fingerprint density at radius 3 is 2.74 bits per heavy atom. The fraction of sp³-hybridized carbons (Fsp3) is 0.200. The number of rotatable bonds is 5. The van der Waals surface area contributed by atoms with Crippen LogP contribution in [-0.2, 0) is 0 Å². The Morgan fingerprint density at radius 1 is 1.37 bits per heavy atom. The van der Waals surface area contributed by atoms with Gasteiger partial charge in [-0.05, 0) is 0 Å². The lowest BCUT2D eigenvalue weighted by Gasteiger charge is -2.06. The van der Waals surface area contributed by atoms with Gasteiger partial charge in [0.1, 0.15) is 10.7 Å². The number of nitrogens with one attached hydrogen (secondary N) is 1. The van der Waals surface area contributed by atoms with Crippen LogP contribution in [-0.4, -0.2) is 40.2 Å². The molecule has 0 aliphatic heterocycles. The van der Waals surface area contributed by atoms with Crippen LogP contribution in [0.4, 0.5) is 10.9 Å². The van der Waals surface area contributed by atoms with E-state index in [2.05, 4.69) is 20.3 Å². The Balaban J connectivity index is 2.23. The van der Waals surface area contributed by atoms with E-state index in [-0.39, 0.29) is 10.9 Å². The summed E-state index contributed by atoms with van der Waals surface area (Å²) in [6.45, 7) is 0. The molecular formula is C10H10N4O4S. The van der Waals surface area contributed by atoms with Gasteiger partial charge in [-0.15, -0.1) is 0 Å². The Hall–Kier alpha value is -2.42. The summed E-state index contributed by atoms with van der Waals surface area (Å²) < 4.78 is 9.92. The van der Waals surface area contributed by atoms with Crippen LogP contribution in [0.25, 0.3) is 0 Å². The average molecular weight is 282 g/mol. The monoisotopic (exact) mass is 282 g/mol. The molecule has 2 heterocycles. The number of thiazole rings is 1. The maximum Gasteiger partial charge on any atom is 0.347 e. The molecule has 0 atom stereocenters. The fourth-order valence-corrected chi connectivity index (χ4v) is 1.87. The highest BCUT2D eigenvalue weighted by Crippen LogP contribution is 2.24. The molecule has 0 aliphatic rings. The predicted octanol–water partition coefficient (Wildman–Crippen LogP) is 1.39. The molecule has 0 bridgehead atoms. The number of carbonyl (C=O) groups is 1. The Bertz CT molecular complexity index is 579. The van der Waals surface area contributed by atoms with Crippen LogP contribution in [0, 0.1) is 0 Å². The third-order valence-electron chi connectivity index (χ3n) is 2.03. The van der Waals surface area contributed by atoms with Gasteiger partial charge in [-0.1, -0.05) is 11.3 Å². The number of methoxy groups -OCH3 is 2. The molecule has 9 heteroatoms. The number of carboxylic acid groups (broad SMARTS) is 1. The number of carboxylic acids is 1. The van der Waals surface area contributed by atoms with Gasteiger partial charge in [-0.3, -0.25) is 0 Å². The van der Waals surface area contributed by atoms with E-state index in [1.807, 2.05) is 0 Å².